The van der Waals surface area contributed by atoms with Gasteiger partial charge in [0, 0.05) is 11.1 Å². The van der Waals surface area contributed by atoms with Crippen LogP contribution in [0.25, 0.3) is 0 Å². The normalized spacial score (nSPS) is 13.7. The third-order valence-corrected chi connectivity index (χ3v) is 3.89. The van der Waals surface area contributed by atoms with Gasteiger partial charge in [0.05, 0.1) is 13.2 Å². The van der Waals surface area contributed by atoms with E-state index in [4.69, 9.17) is 10.5 Å². The summed E-state index contributed by atoms with van der Waals surface area (Å²) in [5.41, 5.74) is 6.49. The van der Waals surface area contributed by atoms with Gasteiger partial charge in [-0.05, 0) is 33.0 Å². The lowest BCUT2D eigenvalue weighted by Crippen LogP contribution is -2.51. The molecule has 0 heterocycles. The maximum Gasteiger partial charge on any atom is 0.169 e. The first-order valence-corrected chi connectivity index (χ1v) is 6.73. The van der Waals surface area contributed by atoms with Gasteiger partial charge in [-0.3, -0.25) is 4.90 Å². The van der Waals surface area contributed by atoms with Gasteiger partial charge in [-0.2, -0.15) is 0 Å². The standard InChI is InChI=1S/C15H25FN2O/c1-6-18(7-2)15(3,4)14(17)11-9-8-10-12(19-5)13(11)16/h8-10,14H,6-7,17H2,1-5H3. The van der Waals surface area contributed by atoms with Crippen molar-refractivity contribution >= 4 is 0 Å². The Morgan fingerprint density at radius 1 is 1.32 bits per heavy atom. The van der Waals surface area contributed by atoms with Crippen LogP contribution < -0.4 is 10.5 Å². The van der Waals surface area contributed by atoms with Gasteiger partial charge in [0.2, 0.25) is 0 Å². The molecule has 0 saturated heterocycles. The van der Waals surface area contributed by atoms with Crippen LogP contribution in [0.5, 0.6) is 5.75 Å². The maximum absolute atomic E-state index is 14.3. The Morgan fingerprint density at radius 3 is 2.37 bits per heavy atom. The van der Waals surface area contributed by atoms with E-state index in [1.165, 1.54) is 7.11 Å². The van der Waals surface area contributed by atoms with E-state index >= 15 is 0 Å². The number of ether oxygens (including phenoxy) is 1. The number of methoxy groups -OCH3 is 1. The predicted molar refractivity (Wildman–Crippen MR) is 76.9 cm³/mol. The summed E-state index contributed by atoms with van der Waals surface area (Å²) in [5, 5.41) is 0. The summed E-state index contributed by atoms with van der Waals surface area (Å²) in [6.07, 6.45) is 0. The fraction of sp³-hybridized carbons (Fsp3) is 0.600. The first-order valence-electron chi connectivity index (χ1n) is 6.73. The van der Waals surface area contributed by atoms with Gasteiger partial charge in [0.15, 0.2) is 11.6 Å². The zero-order valence-electron chi connectivity index (χ0n) is 12.5. The zero-order chi connectivity index (χ0) is 14.6. The Balaban J connectivity index is 3.15. The highest BCUT2D eigenvalue weighted by atomic mass is 19.1. The lowest BCUT2D eigenvalue weighted by atomic mass is 9.87. The molecule has 0 saturated carbocycles. The van der Waals surface area contributed by atoms with Crippen LogP contribution >= 0.6 is 0 Å². The van der Waals surface area contributed by atoms with E-state index in [2.05, 4.69) is 18.7 Å². The zero-order valence-corrected chi connectivity index (χ0v) is 12.5. The Hall–Kier alpha value is -1.13. The topological polar surface area (TPSA) is 38.5 Å². The minimum Gasteiger partial charge on any atom is -0.494 e. The third-order valence-electron chi connectivity index (χ3n) is 3.89. The van der Waals surface area contributed by atoms with Gasteiger partial charge in [-0.15, -0.1) is 0 Å². The highest BCUT2D eigenvalue weighted by molar-refractivity contribution is 5.34. The predicted octanol–water partition coefficient (Wildman–Crippen LogP) is 2.95. The summed E-state index contributed by atoms with van der Waals surface area (Å²) < 4.78 is 19.3. The Bertz CT molecular complexity index is 417. The monoisotopic (exact) mass is 268 g/mol. The van der Waals surface area contributed by atoms with Crippen LogP contribution in [0.4, 0.5) is 4.39 Å². The second-order valence-electron chi connectivity index (χ2n) is 5.17. The van der Waals surface area contributed by atoms with Crippen molar-refractivity contribution in [1.29, 1.82) is 0 Å². The van der Waals surface area contributed by atoms with E-state index in [0.717, 1.165) is 13.1 Å². The Labute approximate surface area is 115 Å². The molecular weight excluding hydrogens is 243 g/mol. The summed E-state index contributed by atoms with van der Waals surface area (Å²) in [5.74, 6) is -0.124. The molecule has 0 amide bonds. The lowest BCUT2D eigenvalue weighted by molar-refractivity contribution is 0.105. The van der Waals surface area contributed by atoms with Crippen molar-refractivity contribution in [3.63, 3.8) is 0 Å². The summed E-state index contributed by atoms with van der Waals surface area (Å²) >= 11 is 0. The van der Waals surface area contributed by atoms with Crippen molar-refractivity contribution in [1.82, 2.24) is 4.90 Å². The molecule has 1 aromatic carbocycles. The molecule has 1 aromatic rings. The second-order valence-corrected chi connectivity index (χ2v) is 5.17. The van der Waals surface area contributed by atoms with Crippen LogP contribution in [-0.4, -0.2) is 30.6 Å². The minimum absolute atomic E-state index is 0.239. The number of hydrogen-bond donors (Lipinski definition) is 1. The number of likely N-dealkylation sites (N-methyl/N-ethyl adjacent to an activating group) is 1. The van der Waals surface area contributed by atoms with Gasteiger partial charge in [0.25, 0.3) is 0 Å². The van der Waals surface area contributed by atoms with Gasteiger partial charge < -0.3 is 10.5 Å². The summed E-state index contributed by atoms with van der Waals surface area (Å²) in [7, 11) is 1.46. The maximum atomic E-state index is 14.3. The van der Waals surface area contributed by atoms with Gasteiger partial charge >= 0.3 is 0 Å². The number of rotatable bonds is 6. The average Bonchev–Trinajstić information content (AvgIpc) is 2.39. The van der Waals surface area contributed by atoms with Crippen LogP contribution in [0.2, 0.25) is 0 Å². The van der Waals surface area contributed by atoms with Gasteiger partial charge in [-0.1, -0.05) is 26.0 Å². The quantitative estimate of drug-likeness (QED) is 0.862. The second kappa shape index (κ2) is 6.35. The molecule has 108 valence electrons. The van der Waals surface area contributed by atoms with E-state index in [9.17, 15) is 4.39 Å². The fourth-order valence-corrected chi connectivity index (χ4v) is 2.54. The molecular formula is C15H25FN2O. The van der Waals surface area contributed by atoms with Gasteiger partial charge in [-0.25, -0.2) is 4.39 Å². The van der Waals surface area contributed by atoms with Crippen LogP contribution in [0.3, 0.4) is 0 Å². The molecule has 0 spiro atoms. The third kappa shape index (κ3) is 3.07. The van der Waals surface area contributed by atoms with E-state index in [0.29, 0.717) is 5.56 Å². The van der Waals surface area contributed by atoms with Crippen LogP contribution in [0.15, 0.2) is 18.2 Å². The number of nitrogens with two attached hydrogens (primary N) is 1. The van der Waals surface area contributed by atoms with Crippen molar-refractivity contribution in [2.24, 2.45) is 5.73 Å². The average molecular weight is 268 g/mol. The Kier molecular flexibility index (Phi) is 5.32. The first kappa shape index (κ1) is 15.9. The number of hydrogen-bond acceptors (Lipinski definition) is 3. The largest absolute Gasteiger partial charge is 0.494 e. The minimum atomic E-state index is -0.414. The molecule has 0 bridgehead atoms. The van der Waals surface area contributed by atoms with Crippen LogP contribution in [-0.2, 0) is 0 Å². The summed E-state index contributed by atoms with van der Waals surface area (Å²) in [6.45, 7) is 10.0. The van der Waals surface area contributed by atoms with E-state index in [-0.39, 0.29) is 17.1 Å². The number of nitrogens with zero attached hydrogens (tertiary/aromatic N) is 1. The first-order chi connectivity index (χ1) is 8.89. The van der Waals surface area contributed by atoms with Crippen LogP contribution in [0, 0.1) is 5.82 Å². The van der Waals surface area contributed by atoms with Crippen molar-refractivity contribution < 1.29 is 9.13 Å². The van der Waals surface area contributed by atoms with E-state index in [1.807, 2.05) is 13.8 Å². The molecule has 0 aromatic heterocycles. The number of halogens is 1. The smallest absolute Gasteiger partial charge is 0.169 e. The van der Waals surface area contributed by atoms with E-state index < -0.39 is 6.04 Å². The van der Waals surface area contributed by atoms with Crippen molar-refractivity contribution in [2.75, 3.05) is 20.2 Å². The molecule has 1 atom stereocenters. The van der Waals surface area contributed by atoms with Crippen LogP contribution in [0.1, 0.15) is 39.3 Å². The molecule has 3 nitrogen and oxygen atoms in total. The molecule has 0 aliphatic carbocycles. The molecule has 0 fully saturated rings. The molecule has 0 aliphatic heterocycles. The molecule has 1 unspecified atom stereocenters. The van der Waals surface area contributed by atoms with Crippen molar-refractivity contribution in [3.8, 4) is 5.75 Å². The highest BCUT2D eigenvalue weighted by Gasteiger charge is 2.34. The number of benzene rings is 1. The molecule has 0 aliphatic rings. The molecule has 19 heavy (non-hydrogen) atoms. The molecule has 2 N–H and O–H groups in total. The lowest BCUT2D eigenvalue weighted by Gasteiger charge is -2.42. The Morgan fingerprint density at radius 2 is 1.89 bits per heavy atom. The van der Waals surface area contributed by atoms with E-state index in [1.54, 1.807) is 18.2 Å². The van der Waals surface area contributed by atoms with Crippen molar-refractivity contribution in [3.05, 3.63) is 29.6 Å². The van der Waals surface area contributed by atoms with Crippen molar-refractivity contribution in [2.45, 2.75) is 39.3 Å². The SMILES string of the molecule is CCN(CC)C(C)(C)C(N)c1cccc(OC)c1F. The molecule has 0 radical (unpaired) electrons. The molecule has 1 rings (SSSR count). The van der Waals surface area contributed by atoms with Gasteiger partial charge in [0.1, 0.15) is 0 Å². The fourth-order valence-electron chi connectivity index (χ4n) is 2.54. The summed E-state index contributed by atoms with van der Waals surface area (Å²) in [6, 6.07) is 4.70. The molecule has 4 heteroatoms. The highest BCUT2D eigenvalue weighted by Crippen LogP contribution is 2.33. The summed E-state index contributed by atoms with van der Waals surface area (Å²) in [4.78, 5) is 2.23.